The third kappa shape index (κ3) is 1.18. The second-order valence-electron chi connectivity index (χ2n) is 3.14. The maximum absolute atomic E-state index is 3.46. The zero-order chi connectivity index (χ0) is 6.86. The van der Waals surface area contributed by atoms with E-state index < -0.39 is 0 Å². The first-order valence-corrected chi connectivity index (χ1v) is 4.95. The molecule has 0 amide bonds. The lowest BCUT2D eigenvalue weighted by molar-refractivity contribution is 0.508. The van der Waals surface area contributed by atoms with Crippen LogP contribution in [0.3, 0.4) is 0 Å². The average molecular weight is 158 g/mol. The van der Waals surface area contributed by atoms with Crippen molar-refractivity contribution in [3.05, 3.63) is 0 Å². The molecule has 2 rings (SSSR count). The molecule has 2 nitrogen and oxygen atoms in total. The van der Waals surface area contributed by atoms with E-state index in [1.807, 2.05) is 0 Å². The van der Waals surface area contributed by atoms with Gasteiger partial charge in [0.05, 0.1) is 0 Å². The van der Waals surface area contributed by atoms with Crippen molar-refractivity contribution in [2.24, 2.45) is 0 Å². The zero-order valence-corrected chi connectivity index (χ0v) is 6.97. The lowest BCUT2D eigenvalue weighted by Crippen LogP contribution is -2.48. The Kier molecular flexibility index (Phi) is 1.89. The highest BCUT2D eigenvalue weighted by Crippen LogP contribution is 2.39. The number of thioether (sulfide) groups is 1. The highest BCUT2D eigenvalue weighted by Gasteiger charge is 2.37. The van der Waals surface area contributed by atoms with Crippen LogP contribution in [-0.4, -0.2) is 36.7 Å². The van der Waals surface area contributed by atoms with Gasteiger partial charge >= 0.3 is 0 Å². The Morgan fingerprint density at radius 1 is 1.10 bits per heavy atom. The van der Waals surface area contributed by atoms with Gasteiger partial charge in [0.25, 0.3) is 0 Å². The standard InChI is InChI=1S/C7H14N2S/c1-4-10-7(1)5-8-2-3-9-6-7/h8-9H,1-6H2. The van der Waals surface area contributed by atoms with E-state index in [2.05, 4.69) is 22.4 Å². The molecule has 2 fully saturated rings. The Balaban J connectivity index is 1.92. The molecule has 2 N–H and O–H groups in total. The average Bonchev–Trinajstić information content (AvgIpc) is 2.08. The summed E-state index contributed by atoms with van der Waals surface area (Å²) < 4.78 is 0.580. The predicted octanol–water partition coefficient (Wildman–Crippen LogP) is 0.0549. The molecule has 58 valence electrons. The van der Waals surface area contributed by atoms with Crippen LogP contribution in [0.15, 0.2) is 0 Å². The molecule has 2 saturated heterocycles. The monoisotopic (exact) mass is 158 g/mol. The summed E-state index contributed by atoms with van der Waals surface area (Å²) in [6.07, 6.45) is 1.40. The van der Waals surface area contributed by atoms with Crippen LogP contribution in [0.25, 0.3) is 0 Å². The summed E-state index contributed by atoms with van der Waals surface area (Å²) in [5.41, 5.74) is 0. The van der Waals surface area contributed by atoms with Crippen molar-refractivity contribution < 1.29 is 0 Å². The molecule has 10 heavy (non-hydrogen) atoms. The van der Waals surface area contributed by atoms with Gasteiger partial charge in [-0.05, 0) is 12.2 Å². The van der Waals surface area contributed by atoms with Gasteiger partial charge < -0.3 is 10.6 Å². The van der Waals surface area contributed by atoms with Crippen molar-refractivity contribution >= 4 is 11.8 Å². The van der Waals surface area contributed by atoms with Gasteiger partial charge in [-0.25, -0.2) is 0 Å². The second kappa shape index (κ2) is 2.72. The van der Waals surface area contributed by atoms with E-state index in [0.29, 0.717) is 4.75 Å². The van der Waals surface area contributed by atoms with Crippen molar-refractivity contribution in [1.82, 2.24) is 10.6 Å². The first-order chi connectivity index (χ1) is 4.91. The SMILES string of the molecule is C1CNCC2(CCS2)CN1. The molecule has 2 aliphatic rings. The Morgan fingerprint density at radius 2 is 1.70 bits per heavy atom. The molecule has 0 saturated carbocycles. The van der Waals surface area contributed by atoms with Crippen LogP contribution in [0.1, 0.15) is 6.42 Å². The lowest BCUT2D eigenvalue weighted by atomic mass is 10.1. The first-order valence-electron chi connectivity index (χ1n) is 3.97. The van der Waals surface area contributed by atoms with E-state index in [1.165, 1.54) is 25.3 Å². The first kappa shape index (κ1) is 6.95. The normalized spacial score (nSPS) is 31.2. The molecule has 0 unspecified atom stereocenters. The topological polar surface area (TPSA) is 24.1 Å². The molecule has 1 spiro atoms. The van der Waals surface area contributed by atoms with Crippen LogP contribution in [0.4, 0.5) is 0 Å². The third-order valence-electron chi connectivity index (χ3n) is 2.34. The van der Waals surface area contributed by atoms with Crippen LogP contribution < -0.4 is 10.6 Å². The fourth-order valence-electron chi connectivity index (χ4n) is 1.54. The molecule has 2 aliphatic heterocycles. The number of hydrogen-bond acceptors (Lipinski definition) is 3. The van der Waals surface area contributed by atoms with E-state index in [0.717, 1.165) is 13.1 Å². The highest BCUT2D eigenvalue weighted by molar-refractivity contribution is 8.02. The van der Waals surface area contributed by atoms with Crippen molar-refractivity contribution in [2.45, 2.75) is 11.2 Å². The molecule has 0 aromatic rings. The Labute approximate surface area is 66.1 Å². The quantitative estimate of drug-likeness (QED) is 0.521. The minimum atomic E-state index is 0.580. The van der Waals surface area contributed by atoms with Gasteiger partial charge in [0.1, 0.15) is 0 Å². The fraction of sp³-hybridized carbons (Fsp3) is 1.00. The third-order valence-corrected chi connectivity index (χ3v) is 3.85. The van der Waals surface area contributed by atoms with Gasteiger partial charge in [-0.1, -0.05) is 0 Å². The second-order valence-corrected chi connectivity index (χ2v) is 4.70. The summed E-state index contributed by atoms with van der Waals surface area (Å²) in [6, 6.07) is 0. The van der Waals surface area contributed by atoms with Gasteiger partial charge in [-0.15, -0.1) is 0 Å². The van der Waals surface area contributed by atoms with Crippen LogP contribution in [0, 0.1) is 0 Å². The molecular formula is C7H14N2S. The maximum Gasteiger partial charge on any atom is 0.0416 e. The van der Waals surface area contributed by atoms with Gasteiger partial charge in [-0.2, -0.15) is 11.8 Å². The van der Waals surface area contributed by atoms with E-state index in [1.54, 1.807) is 0 Å². The van der Waals surface area contributed by atoms with Crippen LogP contribution >= 0.6 is 11.8 Å². The van der Waals surface area contributed by atoms with E-state index in [4.69, 9.17) is 0 Å². The summed E-state index contributed by atoms with van der Waals surface area (Å²) in [5.74, 6) is 1.36. The molecule has 0 atom stereocenters. The molecule has 2 heterocycles. The van der Waals surface area contributed by atoms with Crippen LogP contribution in [0.5, 0.6) is 0 Å². The smallest absolute Gasteiger partial charge is 0.0416 e. The summed E-state index contributed by atoms with van der Waals surface area (Å²) in [4.78, 5) is 0. The fourth-order valence-corrected chi connectivity index (χ4v) is 2.73. The molecule has 0 radical (unpaired) electrons. The molecule has 0 aliphatic carbocycles. The molecular weight excluding hydrogens is 144 g/mol. The molecule has 0 aromatic heterocycles. The number of rotatable bonds is 0. The minimum absolute atomic E-state index is 0.580. The largest absolute Gasteiger partial charge is 0.314 e. The Morgan fingerprint density at radius 3 is 2.10 bits per heavy atom. The van der Waals surface area contributed by atoms with Crippen molar-refractivity contribution in [2.75, 3.05) is 31.9 Å². The summed E-state index contributed by atoms with van der Waals surface area (Å²) in [6.45, 7) is 4.71. The van der Waals surface area contributed by atoms with Crippen molar-refractivity contribution in [1.29, 1.82) is 0 Å². The molecule has 0 aromatic carbocycles. The van der Waals surface area contributed by atoms with Gasteiger partial charge in [0.2, 0.25) is 0 Å². The van der Waals surface area contributed by atoms with Gasteiger partial charge in [0, 0.05) is 30.9 Å². The minimum Gasteiger partial charge on any atom is -0.314 e. The van der Waals surface area contributed by atoms with Crippen molar-refractivity contribution in [3.63, 3.8) is 0 Å². The van der Waals surface area contributed by atoms with E-state index in [-0.39, 0.29) is 0 Å². The summed E-state index contributed by atoms with van der Waals surface area (Å²) in [7, 11) is 0. The highest BCUT2D eigenvalue weighted by atomic mass is 32.2. The summed E-state index contributed by atoms with van der Waals surface area (Å²) in [5, 5.41) is 6.91. The predicted molar refractivity (Wildman–Crippen MR) is 45.5 cm³/mol. The lowest BCUT2D eigenvalue weighted by Gasteiger charge is -2.40. The van der Waals surface area contributed by atoms with E-state index in [9.17, 15) is 0 Å². The molecule has 3 heteroatoms. The number of hydrogen-bond donors (Lipinski definition) is 2. The number of nitrogens with one attached hydrogen (secondary N) is 2. The Bertz CT molecular complexity index is 113. The van der Waals surface area contributed by atoms with Crippen LogP contribution in [0.2, 0.25) is 0 Å². The summed E-state index contributed by atoms with van der Waals surface area (Å²) >= 11 is 2.12. The van der Waals surface area contributed by atoms with Gasteiger partial charge in [0.15, 0.2) is 0 Å². The Hall–Kier alpha value is 0.270. The molecule has 0 bridgehead atoms. The zero-order valence-electron chi connectivity index (χ0n) is 6.15. The van der Waals surface area contributed by atoms with Crippen LogP contribution in [-0.2, 0) is 0 Å². The van der Waals surface area contributed by atoms with Gasteiger partial charge in [-0.3, -0.25) is 0 Å². The maximum atomic E-state index is 3.46. The van der Waals surface area contributed by atoms with E-state index >= 15 is 0 Å². The van der Waals surface area contributed by atoms with Crippen molar-refractivity contribution in [3.8, 4) is 0 Å².